The maximum atomic E-state index is 12.7. The number of amides is 1. The Morgan fingerprint density at radius 2 is 2.03 bits per heavy atom. The number of hydrogen-bond donors (Lipinski definition) is 2. The van der Waals surface area contributed by atoms with Crippen molar-refractivity contribution in [3.05, 3.63) is 60.1 Å². The van der Waals surface area contributed by atoms with E-state index in [1.165, 1.54) is 18.7 Å². The van der Waals surface area contributed by atoms with Crippen molar-refractivity contribution in [3.8, 4) is 0 Å². The van der Waals surface area contributed by atoms with Crippen LogP contribution in [0.3, 0.4) is 0 Å². The van der Waals surface area contributed by atoms with Gasteiger partial charge in [-0.1, -0.05) is 12.1 Å². The largest absolute Gasteiger partial charge is 0.448 e. The number of oxazole rings is 1. The second-order valence-corrected chi connectivity index (χ2v) is 8.50. The van der Waals surface area contributed by atoms with E-state index in [0.717, 1.165) is 42.3 Å². The summed E-state index contributed by atoms with van der Waals surface area (Å²) in [6, 6.07) is 7.39. The van der Waals surface area contributed by atoms with Gasteiger partial charge in [0.25, 0.3) is 5.91 Å². The van der Waals surface area contributed by atoms with Crippen molar-refractivity contribution in [2.24, 2.45) is 10.7 Å². The van der Waals surface area contributed by atoms with Gasteiger partial charge < -0.3 is 25.4 Å². The Morgan fingerprint density at radius 1 is 1.26 bits per heavy atom. The Balaban J connectivity index is 1.50. The molecule has 0 spiro atoms. The second-order valence-electron chi connectivity index (χ2n) is 8.50. The van der Waals surface area contributed by atoms with Crippen molar-refractivity contribution in [2.45, 2.75) is 24.0 Å². The van der Waals surface area contributed by atoms with Crippen molar-refractivity contribution in [3.63, 3.8) is 0 Å². The van der Waals surface area contributed by atoms with Gasteiger partial charge >= 0.3 is 0 Å². The van der Waals surface area contributed by atoms with E-state index < -0.39 is 5.24 Å². The van der Waals surface area contributed by atoms with Crippen molar-refractivity contribution in [2.75, 3.05) is 25.5 Å². The number of piperidine rings is 1. The summed E-state index contributed by atoms with van der Waals surface area (Å²) >= 11 is 0. The fourth-order valence-electron chi connectivity index (χ4n) is 3.80. The van der Waals surface area contributed by atoms with Crippen LogP contribution in [-0.2, 0) is 0 Å². The van der Waals surface area contributed by atoms with Crippen LogP contribution in [0.1, 0.15) is 40.7 Å². The first kappa shape index (κ1) is 23.8. The molecule has 4 rings (SSSR count). The number of aliphatic imine (C=N–C) groups is 1. The first-order valence-electron chi connectivity index (χ1n) is 10.9. The van der Waals surface area contributed by atoms with Crippen LogP contribution >= 0.6 is 0 Å². The maximum absolute atomic E-state index is 12.7. The highest BCUT2D eigenvalue weighted by Crippen LogP contribution is 2.27. The lowest BCUT2D eigenvalue weighted by atomic mass is 9.50. The zero-order valence-electron chi connectivity index (χ0n) is 18.9. The van der Waals surface area contributed by atoms with E-state index in [4.69, 9.17) is 33.7 Å². The van der Waals surface area contributed by atoms with Crippen LogP contribution in [0.5, 0.6) is 0 Å². The van der Waals surface area contributed by atoms with Crippen LogP contribution in [0, 0.1) is 0 Å². The van der Waals surface area contributed by atoms with E-state index in [0.29, 0.717) is 17.3 Å². The lowest BCUT2D eigenvalue weighted by molar-refractivity contribution is 0.102. The van der Waals surface area contributed by atoms with E-state index in [9.17, 15) is 4.79 Å². The number of fused-ring (bicyclic) bond motifs is 1. The van der Waals surface area contributed by atoms with Gasteiger partial charge in [0.2, 0.25) is 0 Å². The highest BCUT2D eigenvalue weighted by Gasteiger charge is 2.24. The predicted molar refractivity (Wildman–Crippen MR) is 136 cm³/mol. The molecule has 1 saturated heterocycles. The van der Waals surface area contributed by atoms with Crippen LogP contribution in [0.25, 0.3) is 16.3 Å². The monoisotopic (exact) mass is 448 g/mol. The van der Waals surface area contributed by atoms with Crippen molar-refractivity contribution in [1.29, 1.82) is 0 Å². The molecule has 1 amide bonds. The summed E-state index contributed by atoms with van der Waals surface area (Å²) < 4.78 is 5.60. The van der Waals surface area contributed by atoms with E-state index >= 15 is 0 Å². The predicted octanol–water partition coefficient (Wildman–Crippen LogP) is 1.77. The van der Waals surface area contributed by atoms with Crippen molar-refractivity contribution < 1.29 is 9.21 Å². The van der Waals surface area contributed by atoms with Gasteiger partial charge in [0.05, 0.1) is 23.5 Å². The molecule has 6 radical (unpaired) electrons. The van der Waals surface area contributed by atoms with Gasteiger partial charge in [0, 0.05) is 35.5 Å². The molecular weight excluding hydrogens is 425 g/mol. The number of allylic oxidation sites excluding steroid dienone is 1. The topological polar surface area (TPSA) is 110 Å². The van der Waals surface area contributed by atoms with E-state index in [2.05, 4.69) is 32.2 Å². The lowest BCUT2D eigenvalue weighted by Gasteiger charge is -2.26. The number of rotatable bonds is 6. The van der Waals surface area contributed by atoms with Gasteiger partial charge in [-0.2, -0.15) is 0 Å². The third kappa shape index (κ3) is 5.77. The summed E-state index contributed by atoms with van der Waals surface area (Å²) in [6.07, 6.45) is 7.78. The fourth-order valence-corrected chi connectivity index (χ4v) is 3.80. The van der Waals surface area contributed by atoms with Crippen LogP contribution in [0.2, 0.25) is 0 Å². The highest BCUT2D eigenvalue weighted by atomic mass is 16.3. The standard InChI is InChI=1S/C23H23B3N6O2/c1-32-6-4-14(5-7-32)22-30-19(13-34-22)21(33)31-20-9-17-8-15(2-3-16(17)11-28-20)18(10-27)12-29-23(24,25)26/h2-3,8-14H,4-7,27H2,1H3,(H,28,31,33). The lowest BCUT2D eigenvalue weighted by Crippen LogP contribution is -2.29. The van der Waals surface area contributed by atoms with Gasteiger partial charge in [0.15, 0.2) is 11.6 Å². The Hall–Kier alpha value is -3.33. The smallest absolute Gasteiger partial charge is 0.278 e. The Kier molecular flexibility index (Phi) is 6.93. The number of anilines is 1. The molecule has 0 bridgehead atoms. The third-order valence-corrected chi connectivity index (χ3v) is 5.73. The summed E-state index contributed by atoms with van der Waals surface area (Å²) in [5.74, 6) is 0.834. The average molecular weight is 448 g/mol. The molecule has 1 aromatic carbocycles. The summed E-state index contributed by atoms with van der Waals surface area (Å²) in [6.45, 7) is 1.96. The third-order valence-electron chi connectivity index (χ3n) is 5.73. The first-order valence-corrected chi connectivity index (χ1v) is 10.9. The van der Waals surface area contributed by atoms with Crippen LogP contribution < -0.4 is 11.1 Å². The molecule has 8 nitrogen and oxygen atoms in total. The molecule has 0 aliphatic carbocycles. The van der Waals surface area contributed by atoms with Crippen LogP contribution in [0.4, 0.5) is 5.82 Å². The summed E-state index contributed by atoms with van der Waals surface area (Å²) in [5.41, 5.74) is 7.31. The fraction of sp³-hybridized carbons (Fsp3) is 0.304. The number of hydrogen-bond acceptors (Lipinski definition) is 7. The molecule has 11 heteroatoms. The highest BCUT2D eigenvalue weighted by molar-refractivity contribution is 6.59. The summed E-state index contributed by atoms with van der Waals surface area (Å²) in [7, 11) is 18.6. The average Bonchev–Trinajstić information content (AvgIpc) is 3.29. The molecule has 166 valence electrons. The Morgan fingerprint density at radius 3 is 2.74 bits per heavy atom. The molecule has 0 unspecified atom stereocenters. The second kappa shape index (κ2) is 9.89. The van der Waals surface area contributed by atoms with E-state index in [1.54, 1.807) is 12.3 Å². The minimum absolute atomic E-state index is 0.225. The van der Waals surface area contributed by atoms with E-state index in [-0.39, 0.29) is 17.5 Å². The maximum Gasteiger partial charge on any atom is 0.278 e. The first-order chi connectivity index (χ1) is 16.2. The molecular formula is C23H23B3N6O2. The number of nitrogens with one attached hydrogen (secondary N) is 1. The van der Waals surface area contributed by atoms with Gasteiger partial charge in [-0.05, 0) is 61.3 Å². The van der Waals surface area contributed by atoms with Gasteiger partial charge in [-0.15, -0.1) is 0 Å². The Bertz CT molecular complexity index is 1240. The minimum atomic E-state index is -1.69. The normalized spacial score (nSPS) is 16.3. The number of aromatic nitrogens is 2. The molecule has 1 fully saturated rings. The number of carbonyl (C=O) groups excluding carboxylic acids is 1. The molecule has 3 heterocycles. The molecule has 3 aromatic rings. The summed E-state index contributed by atoms with van der Waals surface area (Å²) in [4.78, 5) is 27.6. The summed E-state index contributed by atoms with van der Waals surface area (Å²) in [5, 5.41) is 2.81. The molecule has 3 N–H and O–H groups in total. The van der Waals surface area contributed by atoms with Crippen molar-refractivity contribution in [1.82, 2.24) is 14.9 Å². The van der Waals surface area contributed by atoms with Gasteiger partial charge in [-0.25, -0.2) is 9.97 Å². The molecule has 34 heavy (non-hydrogen) atoms. The van der Waals surface area contributed by atoms with Crippen molar-refractivity contribution >= 4 is 57.8 Å². The number of likely N-dealkylation sites (tertiary alicyclic amines) is 1. The van der Waals surface area contributed by atoms with Gasteiger partial charge in [-0.3, -0.25) is 4.79 Å². The molecule has 0 atom stereocenters. The zero-order valence-corrected chi connectivity index (χ0v) is 18.9. The molecule has 1 aliphatic heterocycles. The number of benzene rings is 1. The molecule has 0 saturated carbocycles. The molecule has 2 aromatic heterocycles. The number of nitrogens with two attached hydrogens (primary N) is 1. The van der Waals surface area contributed by atoms with E-state index in [1.807, 2.05) is 18.2 Å². The quantitative estimate of drug-likeness (QED) is 0.440. The van der Waals surface area contributed by atoms with Crippen LogP contribution in [0.15, 0.2) is 52.3 Å². The number of carbonyl (C=O) groups is 1. The number of pyridine rings is 1. The molecule has 1 aliphatic rings. The van der Waals surface area contributed by atoms with Crippen LogP contribution in [-0.4, -0.2) is 75.9 Å². The number of nitrogens with zero attached hydrogens (tertiary/aromatic N) is 4. The minimum Gasteiger partial charge on any atom is -0.448 e. The zero-order chi connectivity index (χ0) is 24.3. The Labute approximate surface area is 202 Å². The van der Waals surface area contributed by atoms with Gasteiger partial charge in [0.1, 0.15) is 12.1 Å². The SMILES string of the molecule is [B]C([B])([B])N=CC(=CN)c1ccc2cnc(NC(=O)c3coc(C4CCN(C)CC4)n3)cc2c1.